The summed E-state index contributed by atoms with van der Waals surface area (Å²) >= 11 is 0. The average Bonchev–Trinajstić information content (AvgIpc) is 3.42. The summed E-state index contributed by atoms with van der Waals surface area (Å²) in [4.78, 5) is 23.4. The van der Waals surface area contributed by atoms with Crippen molar-refractivity contribution in [3.63, 3.8) is 0 Å². The van der Waals surface area contributed by atoms with Crippen molar-refractivity contribution in [1.82, 2.24) is 5.32 Å². The summed E-state index contributed by atoms with van der Waals surface area (Å²) in [6.45, 7) is 4.89. The number of rotatable bonds is 68. The van der Waals surface area contributed by atoms with Crippen LogP contribution in [0.2, 0.25) is 0 Å². The van der Waals surface area contributed by atoms with Gasteiger partial charge in [0.15, 0.2) is 0 Å². The molecule has 0 radical (unpaired) electrons. The van der Waals surface area contributed by atoms with Gasteiger partial charge >= 0.3 is 7.82 Å². The molecular weight excluding hydrogens is 1010 g/mol. The van der Waals surface area contributed by atoms with Crippen LogP contribution in [0.1, 0.15) is 386 Å². The average molecular weight is 1150 g/mol. The van der Waals surface area contributed by atoms with Gasteiger partial charge in [0.25, 0.3) is 0 Å². The van der Waals surface area contributed by atoms with Crippen molar-refractivity contribution in [3.8, 4) is 0 Å². The minimum absolute atomic E-state index is 0.0654. The number of carbonyl (C=O) groups is 1. The van der Waals surface area contributed by atoms with Gasteiger partial charge in [-0.1, -0.05) is 373 Å². The van der Waals surface area contributed by atoms with E-state index in [-0.39, 0.29) is 19.1 Å². The number of nitrogens with zero attached hydrogens (tertiary/aromatic N) is 1. The van der Waals surface area contributed by atoms with Crippen LogP contribution >= 0.6 is 7.82 Å². The normalized spacial score (nSPS) is 13.6. The fourth-order valence-corrected chi connectivity index (χ4v) is 12.1. The summed E-state index contributed by atoms with van der Waals surface area (Å²) < 4.78 is 23.8. The Morgan fingerprint density at radius 1 is 0.412 bits per heavy atom. The highest BCUT2D eigenvalue weighted by Crippen LogP contribution is 2.43. The smallest absolute Gasteiger partial charge is 0.387 e. The lowest BCUT2D eigenvalue weighted by atomic mass is 10.0. The topological polar surface area (TPSA) is 105 Å². The van der Waals surface area contributed by atoms with Gasteiger partial charge in [0, 0.05) is 6.42 Å². The number of carbonyl (C=O) groups excluding carboxylic acids is 1. The molecular formula is C71H144N2O6P+. The third-order valence-electron chi connectivity index (χ3n) is 17.0. The maximum atomic E-state index is 13.0. The monoisotopic (exact) mass is 1150 g/mol. The summed E-state index contributed by atoms with van der Waals surface area (Å²) in [5.74, 6) is -0.167. The number of allylic oxidation sites excluding steroid dienone is 1. The first kappa shape index (κ1) is 79.2. The Kier molecular flexibility index (Phi) is 62.2. The molecule has 0 fully saturated rings. The van der Waals surface area contributed by atoms with Crippen molar-refractivity contribution in [1.29, 1.82) is 0 Å². The number of nitrogens with one attached hydrogen (secondary N) is 1. The van der Waals surface area contributed by atoms with Crippen molar-refractivity contribution >= 4 is 13.7 Å². The van der Waals surface area contributed by atoms with Crippen LogP contribution in [-0.2, 0) is 18.4 Å². The van der Waals surface area contributed by atoms with E-state index in [2.05, 4.69) is 19.2 Å². The number of phosphoric acid groups is 1. The van der Waals surface area contributed by atoms with E-state index in [1.165, 1.54) is 334 Å². The van der Waals surface area contributed by atoms with Crippen LogP contribution in [0.3, 0.4) is 0 Å². The quantitative estimate of drug-likeness (QED) is 0.0243. The van der Waals surface area contributed by atoms with Crippen LogP contribution < -0.4 is 5.32 Å². The van der Waals surface area contributed by atoms with Gasteiger partial charge in [-0.05, 0) is 19.3 Å². The second kappa shape index (κ2) is 62.8. The molecule has 3 unspecified atom stereocenters. The Balaban J connectivity index is 3.90. The first-order valence-electron chi connectivity index (χ1n) is 36.1. The Bertz CT molecular complexity index is 1310. The highest BCUT2D eigenvalue weighted by Gasteiger charge is 2.28. The molecule has 0 aliphatic carbocycles. The SMILES string of the molecule is CCCCCCCCCCCCCCCCCCCC/C=C/C(O)C(COP(=O)(O)OCC[N+](C)(C)C)NC(=O)CCCCCCCCCCCCCCCCCCCCCCCCCCCCCCCCCCCCCCCC. The third-order valence-corrected chi connectivity index (χ3v) is 18.0. The molecule has 0 saturated carbocycles. The van der Waals surface area contributed by atoms with Gasteiger partial charge in [-0.15, -0.1) is 0 Å². The Morgan fingerprint density at radius 3 is 0.925 bits per heavy atom. The van der Waals surface area contributed by atoms with Crippen LogP contribution in [0.25, 0.3) is 0 Å². The van der Waals surface area contributed by atoms with E-state index in [0.717, 1.165) is 32.1 Å². The fraction of sp³-hybridized carbons (Fsp3) is 0.958. The molecule has 0 aromatic carbocycles. The number of quaternary nitrogens is 1. The molecule has 0 aromatic heterocycles. The number of likely N-dealkylation sites (N-methyl/N-ethyl adjacent to an activating group) is 1. The number of hydrogen-bond acceptors (Lipinski definition) is 5. The molecule has 0 spiro atoms. The lowest BCUT2D eigenvalue weighted by Gasteiger charge is -2.25. The second-order valence-electron chi connectivity index (χ2n) is 26.3. The molecule has 0 saturated heterocycles. The fourth-order valence-electron chi connectivity index (χ4n) is 11.4. The van der Waals surface area contributed by atoms with Crippen molar-refractivity contribution in [2.45, 2.75) is 398 Å². The highest BCUT2D eigenvalue weighted by molar-refractivity contribution is 7.47. The number of amides is 1. The molecule has 0 aliphatic heterocycles. The van der Waals surface area contributed by atoms with Gasteiger partial charge in [0.1, 0.15) is 13.2 Å². The Hall–Kier alpha value is -0.760. The Labute approximate surface area is 501 Å². The van der Waals surface area contributed by atoms with Gasteiger partial charge in [0.2, 0.25) is 5.91 Å². The number of phosphoric ester groups is 1. The molecule has 0 aromatic rings. The maximum Gasteiger partial charge on any atom is 0.472 e. The molecule has 478 valence electrons. The molecule has 1 amide bonds. The predicted octanol–water partition coefficient (Wildman–Crippen LogP) is 22.9. The molecule has 0 bridgehead atoms. The highest BCUT2D eigenvalue weighted by atomic mass is 31.2. The number of hydrogen-bond donors (Lipinski definition) is 3. The summed E-state index contributed by atoms with van der Waals surface area (Å²) in [6, 6.07) is -0.843. The van der Waals surface area contributed by atoms with E-state index in [4.69, 9.17) is 9.05 Å². The first-order valence-corrected chi connectivity index (χ1v) is 37.6. The predicted molar refractivity (Wildman–Crippen MR) is 351 cm³/mol. The zero-order chi connectivity index (χ0) is 58.4. The van der Waals surface area contributed by atoms with E-state index >= 15 is 0 Å². The minimum Gasteiger partial charge on any atom is -0.387 e. The van der Waals surface area contributed by atoms with E-state index in [0.29, 0.717) is 17.4 Å². The van der Waals surface area contributed by atoms with E-state index in [1.54, 1.807) is 6.08 Å². The van der Waals surface area contributed by atoms with Crippen LogP contribution in [-0.4, -0.2) is 73.4 Å². The summed E-state index contributed by atoms with van der Waals surface area (Å²) in [6.07, 6.45) is 81.0. The van der Waals surface area contributed by atoms with Gasteiger partial charge in [-0.3, -0.25) is 13.8 Å². The maximum absolute atomic E-state index is 13.0. The molecule has 8 nitrogen and oxygen atoms in total. The molecule has 80 heavy (non-hydrogen) atoms. The number of unbranched alkanes of at least 4 members (excludes halogenated alkanes) is 55. The summed E-state index contributed by atoms with van der Waals surface area (Å²) in [5.41, 5.74) is 0. The second-order valence-corrected chi connectivity index (χ2v) is 27.8. The van der Waals surface area contributed by atoms with Gasteiger partial charge in [-0.25, -0.2) is 4.57 Å². The lowest BCUT2D eigenvalue weighted by molar-refractivity contribution is -0.870. The largest absolute Gasteiger partial charge is 0.472 e. The van der Waals surface area contributed by atoms with Gasteiger partial charge < -0.3 is 19.8 Å². The van der Waals surface area contributed by atoms with Crippen LogP contribution in [0.4, 0.5) is 0 Å². The van der Waals surface area contributed by atoms with Crippen LogP contribution in [0.15, 0.2) is 12.2 Å². The van der Waals surface area contributed by atoms with Gasteiger partial charge in [-0.2, -0.15) is 0 Å². The van der Waals surface area contributed by atoms with Crippen LogP contribution in [0.5, 0.6) is 0 Å². The molecule has 3 N–H and O–H groups in total. The summed E-state index contributed by atoms with van der Waals surface area (Å²) in [7, 11) is 1.60. The molecule has 3 atom stereocenters. The van der Waals surface area contributed by atoms with E-state index < -0.39 is 20.0 Å². The van der Waals surface area contributed by atoms with Crippen molar-refractivity contribution in [3.05, 3.63) is 12.2 Å². The molecule has 9 heteroatoms. The third kappa shape index (κ3) is 64.8. The minimum atomic E-state index is -4.35. The van der Waals surface area contributed by atoms with Crippen molar-refractivity contribution in [2.75, 3.05) is 40.9 Å². The lowest BCUT2D eigenvalue weighted by Crippen LogP contribution is -2.45. The van der Waals surface area contributed by atoms with Crippen molar-refractivity contribution in [2.24, 2.45) is 0 Å². The van der Waals surface area contributed by atoms with Gasteiger partial charge in [0.05, 0.1) is 39.9 Å². The standard InChI is InChI=1S/C71H143N2O6P/c1-6-8-10-12-14-16-18-20-22-24-26-28-29-30-31-32-33-34-35-36-37-38-39-40-41-42-43-44-45-47-49-51-53-55-57-59-61-63-65-71(75)72-69(68-79-80(76,77)78-67-66-73(3,4)5)70(74)64-62-60-58-56-54-52-50-48-46-27-25-23-21-19-17-15-13-11-9-7-2/h62,64,69-70,74H,6-61,63,65-68H2,1-5H3,(H-,72,75,76,77)/p+1/b64-62+. The van der Waals surface area contributed by atoms with E-state index in [1.807, 2.05) is 27.2 Å². The van der Waals surface area contributed by atoms with Crippen molar-refractivity contribution < 1.29 is 32.9 Å². The zero-order valence-corrected chi connectivity index (χ0v) is 55.8. The van der Waals surface area contributed by atoms with Crippen LogP contribution in [0, 0.1) is 0 Å². The zero-order valence-electron chi connectivity index (χ0n) is 54.9. The molecule has 0 rings (SSSR count). The number of aliphatic hydroxyl groups excluding tert-OH is 1. The first-order chi connectivity index (χ1) is 39.0. The molecule has 0 heterocycles. The Morgan fingerprint density at radius 2 is 0.662 bits per heavy atom. The summed E-state index contributed by atoms with van der Waals surface area (Å²) in [5, 5.41) is 14.0. The number of aliphatic hydroxyl groups is 1. The molecule has 0 aliphatic rings. The van der Waals surface area contributed by atoms with E-state index in [9.17, 15) is 19.4 Å².